The molecule has 0 aromatic carbocycles. The quantitative estimate of drug-likeness (QED) is 0.0281. The molecular formula is C84H160N8O8. The SMILES string of the molecule is CC(C)C(=O)NCC1(C)CC(NC(=O)C(C)C)CC(C)(C)C1.CCCC(=O)NCC1(C)CC(NC(=O)CCC)CC(C)(C)C1.CCCCC(CC)C(=O)NCC1(C)CC(NC(=O)C(CC)CCCC)CC(C)(C)C1.CCCCCC(=O)NCC1(C)CC(NC(=O)CCCCC)CC(C)(C)C1. The van der Waals surface area contributed by atoms with Crippen molar-refractivity contribution in [1.29, 1.82) is 0 Å². The van der Waals surface area contributed by atoms with Crippen molar-refractivity contribution in [3.8, 4) is 0 Å². The zero-order valence-electron chi connectivity index (χ0n) is 69.3. The Morgan fingerprint density at radius 3 is 0.910 bits per heavy atom. The molecule has 0 saturated heterocycles. The average molecular weight is 1410 g/mol. The molecule has 0 heterocycles. The van der Waals surface area contributed by atoms with Crippen LogP contribution >= 0.6 is 0 Å². The van der Waals surface area contributed by atoms with Crippen LogP contribution < -0.4 is 42.5 Å². The molecule has 4 saturated carbocycles. The molecule has 10 unspecified atom stereocenters. The molecule has 0 aliphatic heterocycles. The second kappa shape index (κ2) is 45.2. The largest absolute Gasteiger partial charge is 0.356 e. The average Bonchev–Trinajstić information content (AvgIpc) is 0.819. The van der Waals surface area contributed by atoms with Crippen LogP contribution in [0.1, 0.15) is 372 Å². The molecule has 4 aliphatic carbocycles. The number of unbranched alkanes of at least 4 members (excludes halogenated alkanes) is 6. The summed E-state index contributed by atoms with van der Waals surface area (Å²) in [5, 5.41) is 25.6. The van der Waals surface area contributed by atoms with Gasteiger partial charge in [0.25, 0.3) is 0 Å². The lowest BCUT2D eigenvalue weighted by molar-refractivity contribution is -0.128. The Balaban J connectivity index is 0.000000672. The van der Waals surface area contributed by atoms with Gasteiger partial charge in [-0.3, -0.25) is 38.4 Å². The van der Waals surface area contributed by atoms with Crippen LogP contribution in [0.4, 0.5) is 0 Å². The molecule has 0 aromatic heterocycles. The van der Waals surface area contributed by atoms with Crippen molar-refractivity contribution in [1.82, 2.24) is 42.5 Å². The van der Waals surface area contributed by atoms with Gasteiger partial charge in [-0.2, -0.15) is 0 Å². The number of amides is 8. The number of carbonyl (C=O) groups is 8. The van der Waals surface area contributed by atoms with Crippen LogP contribution in [0, 0.1) is 67.0 Å². The second-order valence-corrected chi connectivity index (χ2v) is 37.4. The Bertz CT molecular complexity index is 2440. The smallest absolute Gasteiger partial charge is 0.223 e. The molecule has 584 valence electrons. The fourth-order valence-electron chi connectivity index (χ4n) is 18.0. The molecule has 0 spiro atoms. The number of rotatable bonds is 36. The molecule has 0 radical (unpaired) electrons. The minimum atomic E-state index is 0.0108. The fraction of sp³-hybridized carbons (Fsp3) is 0.905. The number of hydrogen-bond donors (Lipinski definition) is 8. The van der Waals surface area contributed by atoms with Crippen LogP contribution in [-0.4, -0.2) is 97.6 Å². The second-order valence-electron chi connectivity index (χ2n) is 37.4. The van der Waals surface area contributed by atoms with Gasteiger partial charge in [0.05, 0.1) is 0 Å². The summed E-state index contributed by atoms with van der Waals surface area (Å²) in [7, 11) is 0. The van der Waals surface area contributed by atoms with E-state index in [1.165, 1.54) is 0 Å². The third-order valence-electron chi connectivity index (χ3n) is 21.6. The van der Waals surface area contributed by atoms with E-state index in [0.29, 0.717) is 51.9 Å². The van der Waals surface area contributed by atoms with Gasteiger partial charge in [0.15, 0.2) is 0 Å². The van der Waals surface area contributed by atoms with Gasteiger partial charge in [0.2, 0.25) is 47.3 Å². The summed E-state index contributed by atoms with van der Waals surface area (Å²) in [6.07, 6.45) is 31.0. The van der Waals surface area contributed by atoms with E-state index in [0.717, 1.165) is 180 Å². The number of nitrogens with one attached hydrogen (secondary N) is 8. The summed E-state index contributed by atoms with van der Waals surface area (Å²) < 4.78 is 0. The molecule has 10 atom stereocenters. The molecule has 4 rings (SSSR count). The highest BCUT2D eigenvalue weighted by Crippen LogP contribution is 2.49. The molecule has 0 aromatic rings. The molecule has 0 bridgehead atoms. The Morgan fingerprint density at radius 2 is 0.580 bits per heavy atom. The van der Waals surface area contributed by atoms with Gasteiger partial charge in [-0.05, 0) is 172 Å². The Morgan fingerprint density at radius 1 is 0.300 bits per heavy atom. The maximum Gasteiger partial charge on any atom is 0.223 e. The maximum atomic E-state index is 12.9. The van der Waals surface area contributed by atoms with E-state index in [1.54, 1.807) is 0 Å². The first kappa shape index (κ1) is 93.8. The number of carbonyl (C=O) groups excluding carboxylic acids is 8. The fourth-order valence-corrected chi connectivity index (χ4v) is 18.0. The summed E-state index contributed by atoms with van der Waals surface area (Å²) >= 11 is 0. The minimum absolute atomic E-state index is 0.0108. The van der Waals surface area contributed by atoms with Crippen molar-refractivity contribution in [2.24, 2.45) is 67.0 Å². The first-order valence-corrected chi connectivity index (χ1v) is 40.7. The first-order valence-electron chi connectivity index (χ1n) is 40.7. The van der Waals surface area contributed by atoms with Crippen LogP contribution in [0.25, 0.3) is 0 Å². The van der Waals surface area contributed by atoms with Gasteiger partial charge in [-0.15, -0.1) is 0 Å². The van der Waals surface area contributed by atoms with Crippen LogP contribution in [0.3, 0.4) is 0 Å². The summed E-state index contributed by atoms with van der Waals surface area (Å²) in [5.74, 6) is 1.59. The van der Waals surface area contributed by atoms with Crippen molar-refractivity contribution in [2.45, 2.75) is 396 Å². The molecular weight excluding hydrogens is 1250 g/mol. The van der Waals surface area contributed by atoms with Gasteiger partial charge in [-0.1, -0.05) is 218 Å². The highest BCUT2D eigenvalue weighted by molar-refractivity contribution is 5.80. The monoisotopic (exact) mass is 1410 g/mol. The van der Waals surface area contributed by atoms with Crippen molar-refractivity contribution < 1.29 is 38.4 Å². The van der Waals surface area contributed by atoms with E-state index < -0.39 is 0 Å². The van der Waals surface area contributed by atoms with Crippen LogP contribution in [-0.2, 0) is 38.4 Å². The van der Waals surface area contributed by atoms with E-state index in [-0.39, 0.29) is 138 Å². The van der Waals surface area contributed by atoms with Crippen molar-refractivity contribution in [3.05, 3.63) is 0 Å². The summed E-state index contributed by atoms with van der Waals surface area (Å²) in [6.45, 7) is 54.6. The Kier molecular flexibility index (Phi) is 42.4. The summed E-state index contributed by atoms with van der Waals surface area (Å²) in [5.41, 5.74) is 0.842. The molecule has 100 heavy (non-hydrogen) atoms. The van der Waals surface area contributed by atoms with Crippen molar-refractivity contribution >= 4 is 47.3 Å². The van der Waals surface area contributed by atoms with Crippen LogP contribution in [0.15, 0.2) is 0 Å². The molecule has 4 fully saturated rings. The molecule has 8 amide bonds. The summed E-state index contributed by atoms with van der Waals surface area (Å²) in [6, 6.07) is 0.825. The molecule has 8 N–H and O–H groups in total. The van der Waals surface area contributed by atoms with Gasteiger partial charge in [0.1, 0.15) is 0 Å². The van der Waals surface area contributed by atoms with Gasteiger partial charge < -0.3 is 42.5 Å². The van der Waals surface area contributed by atoms with E-state index in [9.17, 15) is 38.4 Å². The Hall–Kier alpha value is -4.24. The van der Waals surface area contributed by atoms with Gasteiger partial charge >= 0.3 is 0 Å². The van der Waals surface area contributed by atoms with Crippen molar-refractivity contribution in [2.75, 3.05) is 26.2 Å². The lowest BCUT2D eigenvalue weighted by Crippen LogP contribution is -2.51. The van der Waals surface area contributed by atoms with Gasteiger partial charge in [0, 0.05) is 99.7 Å². The van der Waals surface area contributed by atoms with E-state index in [4.69, 9.17) is 0 Å². The zero-order chi connectivity index (χ0) is 76.4. The predicted molar refractivity (Wildman–Crippen MR) is 417 cm³/mol. The summed E-state index contributed by atoms with van der Waals surface area (Å²) in [4.78, 5) is 97.5. The number of hydrogen-bond acceptors (Lipinski definition) is 8. The van der Waals surface area contributed by atoms with E-state index in [2.05, 4.69) is 167 Å². The zero-order valence-corrected chi connectivity index (χ0v) is 69.3. The lowest BCUT2D eigenvalue weighted by Gasteiger charge is -2.47. The third-order valence-corrected chi connectivity index (χ3v) is 21.6. The normalized spacial score (nSPS) is 26.2. The van der Waals surface area contributed by atoms with Crippen LogP contribution in [0.5, 0.6) is 0 Å². The third kappa shape index (κ3) is 39.0. The highest BCUT2D eigenvalue weighted by atomic mass is 16.2. The Labute approximate surface area is 614 Å². The van der Waals surface area contributed by atoms with E-state index in [1.807, 2.05) is 41.5 Å². The van der Waals surface area contributed by atoms with Crippen molar-refractivity contribution in [3.63, 3.8) is 0 Å². The maximum absolute atomic E-state index is 12.9. The topological polar surface area (TPSA) is 233 Å². The van der Waals surface area contributed by atoms with Gasteiger partial charge in [-0.25, -0.2) is 0 Å². The minimum Gasteiger partial charge on any atom is -0.356 e. The molecule has 16 nitrogen and oxygen atoms in total. The standard InChI is InChI=1S/C26H50N2O2.C22H42N2O2.2C18H34N2O2/c1-8-12-14-20(10-3)23(29)27-19-26(7)17-22(16-25(5,6)18-26)28-24(30)21(11-4)15-13-9-2;1-6-8-10-12-19(25)23-17-22(5)15-18(14-21(3,4)16-22)24-20(26)13-11-9-7-2;1-12(2)15(21)19-11-18(7)9-14(8-17(5,6)10-18)20-16(22)13(3)4;1-6-8-15(21)19-13-18(5)11-14(10-17(3,4)12-18)20-16(22)9-7-2/h20-22H,8-19H2,1-7H3,(H,27,29)(H,28,30);18H,6-17H2,1-5H3,(H,23,25)(H,24,26);12-14H,8-11H2,1-7H3,(H,19,21)(H,20,22);14H,6-13H2,1-5H3,(H,19,21)(H,20,22). The molecule has 16 heteroatoms. The first-order chi connectivity index (χ1) is 46.4. The van der Waals surface area contributed by atoms with Crippen LogP contribution in [0.2, 0.25) is 0 Å². The highest BCUT2D eigenvalue weighted by Gasteiger charge is 2.46. The predicted octanol–water partition coefficient (Wildman–Crippen LogP) is 17.7. The van der Waals surface area contributed by atoms with E-state index >= 15 is 0 Å². The lowest BCUT2D eigenvalue weighted by atomic mass is 9.62. The molecule has 4 aliphatic rings.